The topological polar surface area (TPSA) is 17.1 Å². The van der Waals surface area contributed by atoms with Crippen LogP contribution in [0.4, 0.5) is 0 Å². The third-order valence-electron chi connectivity index (χ3n) is 1.34. The maximum absolute atomic E-state index is 10.7. The summed E-state index contributed by atoms with van der Waals surface area (Å²) in [6.07, 6.45) is 4.81. The van der Waals surface area contributed by atoms with E-state index >= 15 is 0 Å². The maximum atomic E-state index is 10.7. The molecular formula is C7H10OP+. The Hall–Kier alpha value is -0.420. The first kappa shape index (κ1) is 6.70. The van der Waals surface area contributed by atoms with Gasteiger partial charge in [0.05, 0.1) is 6.42 Å². The summed E-state index contributed by atoms with van der Waals surface area (Å²) in [7, 11) is -0.0772. The van der Waals surface area contributed by atoms with Crippen molar-refractivity contribution in [2.75, 3.05) is 12.3 Å². The van der Waals surface area contributed by atoms with Crippen molar-refractivity contribution < 1.29 is 4.79 Å². The molecule has 0 spiro atoms. The minimum atomic E-state index is -0.0772. The molecule has 0 fully saturated rings. The third-order valence-corrected chi connectivity index (χ3v) is 3.51. The van der Waals surface area contributed by atoms with Crippen LogP contribution in [0.25, 0.3) is 0 Å². The van der Waals surface area contributed by atoms with Gasteiger partial charge >= 0.3 is 0 Å². The van der Waals surface area contributed by atoms with Crippen molar-refractivity contribution in [3.05, 3.63) is 12.7 Å². The summed E-state index contributed by atoms with van der Waals surface area (Å²) in [5, 5.41) is 0. The van der Waals surface area contributed by atoms with Crippen molar-refractivity contribution >= 4 is 19.1 Å². The van der Waals surface area contributed by atoms with Gasteiger partial charge in [0, 0.05) is 0 Å². The van der Waals surface area contributed by atoms with Crippen molar-refractivity contribution in [2.24, 2.45) is 0 Å². The SMILES string of the molecule is C=CC[P+]1=CC(=O)CC1. The lowest BCUT2D eigenvalue weighted by Crippen LogP contribution is -1.89. The Balaban J connectivity index is 2.51. The van der Waals surface area contributed by atoms with Gasteiger partial charge in [-0.05, 0) is 6.08 Å². The molecule has 1 nitrogen and oxygen atoms in total. The predicted octanol–water partition coefficient (Wildman–Crippen LogP) is 1.43. The molecule has 0 aromatic heterocycles. The summed E-state index contributed by atoms with van der Waals surface area (Å²) in [6.45, 7) is 3.63. The Morgan fingerprint density at radius 3 is 3.11 bits per heavy atom. The third kappa shape index (κ3) is 1.76. The second kappa shape index (κ2) is 2.93. The molecular weight excluding hydrogens is 131 g/mol. The molecule has 2 heteroatoms. The van der Waals surface area contributed by atoms with Crippen LogP contribution in [0.15, 0.2) is 12.7 Å². The Morgan fingerprint density at radius 2 is 2.67 bits per heavy atom. The van der Waals surface area contributed by atoms with Crippen LogP contribution in [0, 0.1) is 0 Å². The highest BCUT2D eigenvalue weighted by Crippen LogP contribution is 2.27. The average Bonchev–Trinajstić information content (AvgIpc) is 2.17. The van der Waals surface area contributed by atoms with E-state index in [0.29, 0.717) is 5.78 Å². The molecule has 48 valence electrons. The van der Waals surface area contributed by atoms with Crippen LogP contribution in [-0.2, 0) is 4.79 Å². The molecule has 1 rings (SSSR count). The molecule has 1 heterocycles. The van der Waals surface area contributed by atoms with Crippen LogP contribution in [0.1, 0.15) is 6.42 Å². The van der Waals surface area contributed by atoms with Crippen LogP contribution in [-0.4, -0.2) is 23.9 Å². The van der Waals surface area contributed by atoms with E-state index in [4.69, 9.17) is 0 Å². The largest absolute Gasteiger partial charge is 0.290 e. The second-order valence-electron chi connectivity index (χ2n) is 2.13. The van der Waals surface area contributed by atoms with Crippen LogP contribution in [0.5, 0.6) is 0 Å². The van der Waals surface area contributed by atoms with E-state index in [-0.39, 0.29) is 7.55 Å². The van der Waals surface area contributed by atoms with E-state index in [2.05, 4.69) is 6.58 Å². The number of allylic oxidation sites excluding steroid dienone is 1. The molecule has 0 amide bonds. The van der Waals surface area contributed by atoms with E-state index < -0.39 is 0 Å². The highest BCUT2D eigenvalue weighted by molar-refractivity contribution is 7.60. The van der Waals surface area contributed by atoms with E-state index in [1.54, 1.807) is 0 Å². The molecule has 0 bridgehead atoms. The van der Waals surface area contributed by atoms with Crippen LogP contribution in [0.2, 0.25) is 0 Å². The molecule has 1 aliphatic heterocycles. The van der Waals surface area contributed by atoms with E-state index in [9.17, 15) is 4.79 Å². The lowest BCUT2D eigenvalue weighted by atomic mass is 10.4. The monoisotopic (exact) mass is 141 g/mol. The highest BCUT2D eigenvalue weighted by Gasteiger charge is 2.20. The zero-order chi connectivity index (χ0) is 6.69. The van der Waals surface area contributed by atoms with Crippen molar-refractivity contribution in [2.45, 2.75) is 6.42 Å². The fourth-order valence-corrected chi connectivity index (χ4v) is 2.69. The van der Waals surface area contributed by atoms with E-state index in [1.807, 2.05) is 11.9 Å². The number of hydrogen-bond acceptors (Lipinski definition) is 1. The first-order valence-corrected chi connectivity index (χ1v) is 4.83. The number of carbonyl (C=O) groups is 1. The number of Topliss-reactive ketones (excluding diaryl/α,β-unsaturated/α-hetero) is 1. The van der Waals surface area contributed by atoms with Crippen molar-refractivity contribution in [1.82, 2.24) is 0 Å². The van der Waals surface area contributed by atoms with Crippen molar-refractivity contribution in [3.63, 3.8) is 0 Å². The number of ketones is 1. The normalized spacial score (nSPS) is 21.8. The molecule has 0 aromatic rings. The highest BCUT2D eigenvalue weighted by atomic mass is 31.1. The first-order chi connectivity index (χ1) is 4.33. The summed E-state index contributed by atoms with van der Waals surface area (Å²) in [5.41, 5.74) is 0. The Kier molecular flexibility index (Phi) is 2.18. The first-order valence-electron chi connectivity index (χ1n) is 3.05. The van der Waals surface area contributed by atoms with E-state index in [1.165, 1.54) is 0 Å². The predicted molar refractivity (Wildman–Crippen MR) is 42.5 cm³/mol. The lowest BCUT2D eigenvalue weighted by molar-refractivity contribution is -0.111. The number of carbonyl (C=O) groups excluding carboxylic acids is 1. The summed E-state index contributed by atoms with van der Waals surface area (Å²) in [6, 6.07) is 0. The summed E-state index contributed by atoms with van der Waals surface area (Å²) in [4.78, 5) is 10.7. The molecule has 0 aliphatic carbocycles. The minimum absolute atomic E-state index is 0.0772. The van der Waals surface area contributed by atoms with Gasteiger partial charge in [-0.2, -0.15) is 0 Å². The van der Waals surface area contributed by atoms with Gasteiger partial charge in [-0.25, -0.2) is 0 Å². The van der Waals surface area contributed by atoms with Gasteiger partial charge in [0.25, 0.3) is 0 Å². The standard InChI is InChI=1S/C7H10OP/c1-2-4-9-5-3-7(8)6-9/h2,6H,1,3-5H2/q+1. The van der Waals surface area contributed by atoms with Gasteiger partial charge in [-0.1, -0.05) is 6.58 Å². The van der Waals surface area contributed by atoms with Gasteiger partial charge in [0.1, 0.15) is 19.9 Å². The molecule has 0 radical (unpaired) electrons. The summed E-state index contributed by atoms with van der Waals surface area (Å²) >= 11 is 0. The molecule has 0 N–H and O–H groups in total. The quantitative estimate of drug-likeness (QED) is 0.420. The van der Waals surface area contributed by atoms with Crippen molar-refractivity contribution in [1.29, 1.82) is 0 Å². The second-order valence-corrected chi connectivity index (χ2v) is 4.38. The van der Waals surface area contributed by atoms with Crippen molar-refractivity contribution in [3.8, 4) is 0 Å². The van der Waals surface area contributed by atoms with Gasteiger partial charge in [-0.3, -0.25) is 4.79 Å². The zero-order valence-electron chi connectivity index (χ0n) is 5.34. The molecule has 1 aliphatic rings. The fraction of sp³-hybridized carbons (Fsp3) is 0.429. The van der Waals surface area contributed by atoms with Gasteiger partial charge in [0.15, 0.2) is 5.80 Å². The van der Waals surface area contributed by atoms with Gasteiger partial charge in [0.2, 0.25) is 5.78 Å². The summed E-state index contributed by atoms with van der Waals surface area (Å²) in [5.74, 6) is 2.22. The number of rotatable bonds is 2. The van der Waals surface area contributed by atoms with Crippen LogP contribution < -0.4 is 0 Å². The number of hydrogen-bond donors (Lipinski definition) is 0. The Bertz CT molecular complexity index is 170. The molecule has 1 unspecified atom stereocenters. The van der Waals surface area contributed by atoms with Gasteiger partial charge in [-0.15, -0.1) is 0 Å². The zero-order valence-corrected chi connectivity index (χ0v) is 6.23. The Labute approximate surface area is 56.2 Å². The molecule has 9 heavy (non-hydrogen) atoms. The van der Waals surface area contributed by atoms with E-state index in [0.717, 1.165) is 18.7 Å². The molecule has 0 saturated carbocycles. The average molecular weight is 141 g/mol. The molecule has 0 aromatic carbocycles. The Morgan fingerprint density at radius 1 is 1.89 bits per heavy atom. The summed E-state index contributed by atoms with van der Waals surface area (Å²) < 4.78 is 0. The lowest BCUT2D eigenvalue weighted by Gasteiger charge is -1.76. The molecule has 1 atom stereocenters. The van der Waals surface area contributed by atoms with Crippen LogP contribution in [0.3, 0.4) is 0 Å². The smallest absolute Gasteiger partial charge is 0.201 e. The van der Waals surface area contributed by atoms with Gasteiger partial charge < -0.3 is 0 Å². The fourth-order valence-electron chi connectivity index (χ4n) is 0.896. The minimum Gasteiger partial charge on any atom is -0.290 e. The maximum Gasteiger partial charge on any atom is 0.201 e. The molecule has 0 saturated heterocycles. The van der Waals surface area contributed by atoms with Crippen LogP contribution >= 0.6 is 7.55 Å².